The lowest BCUT2D eigenvalue weighted by Gasteiger charge is -2.34. The van der Waals surface area contributed by atoms with Crippen LogP contribution >= 0.6 is 0 Å². The van der Waals surface area contributed by atoms with Crippen molar-refractivity contribution >= 4 is 11.8 Å². The molecule has 0 aromatic heterocycles. The van der Waals surface area contributed by atoms with Gasteiger partial charge in [-0.3, -0.25) is 14.5 Å². The summed E-state index contributed by atoms with van der Waals surface area (Å²) >= 11 is 0. The molecule has 5 nitrogen and oxygen atoms in total. The van der Waals surface area contributed by atoms with Crippen molar-refractivity contribution in [1.29, 1.82) is 0 Å². The van der Waals surface area contributed by atoms with Crippen LogP contribution in [0.1, 0.15) is 43.1 Å². The third-order valence-electron chi connectivity index (χ3n) is 4.36. The molecular weight excluding hydrogens is 302 g/mol. The molecule has 0 saturated carbocycles. The zero-order chi connectivity index (χ0) is 17.5. The van der Waals surface area contributed by atoms with E-state index < -0.39 is 0 Å². The maximum absolute atomic E-state index is 12.7. The minimum absolute atomic E-state index is 0.0266. The van der Waals surface area contributed by atoms with Gasteiger partial charge in [0, 0.05) is 44.2 Å². The van der Waals surface area contributed by atoms with Gasteiger partial charge in [-0.05, 0) is 30.7 Å². The first-order chi connectivity index (χ1) is 11.5. The molecule has 0 atom stereocenters. The summed E-state index contributed by atoms with van der Waals surface area (Å²) in [6, 6.07) is 7.57. The topological polar surface area (TPSA) is 52.6 Å². The van der Waals surface area contributed by atoms with Gasteiger partial charge >= 0.3 is 0 Å². The molecule has 1 aliphatic rings. The van der Waals surface area contributed by atoms with Crippen LogP contribution in [0.5, 0.6) is 0 Å². The molecule has 1 fully saturated rings. The van der Waals surface area contributed by atoms with Crippen molar-refractivity contribution in [2.45, 2.75) is 33.7 Å². The van der Waals surface area contributed by atoms with Crippen LogP contribution in [0.15, 0.2) is 24.3 Å². The lowest BCUT2D eigenvalue weighted by atomic mass is 10.1. The summed E-state index contributed by atoms with van der Waals surface area (Å²) in [6.45, 7) is 10.9. The molecule has 1 heterocycles. The minimum Gasteiger partial charge on any atom is -0.352 e. The van der Waals surface area contributed by atoms with Gasteiger partial charge in [-0.15, -0.1) is 0 Å². The first kappa shape index (κ1) is 18.5. The molecule has 132 valence electrons. The molecule has 1 saturated heterocycles. The van der Waals surface area contributed by atoms with E-state index >= 15 is 0 Å². The Morgan fingerprint density at radius 1 is 1.17 bits per heavy atom. The summed E-state index contributed by atoms with van der Waals surface area (Å²) in [5, 5.41) is 2.89. The summed E-state index contributed by atoms with van der Waals surface area (Å²) in [6.07, 6.45) is 1.15. The van der Waals surface area contributed by atoms with E-state index in [2.05, 4.69) is 17.1 Å². The van der Waals surface area contributed by atoms with Crippen molar-refractivity contribution in [3.8, 4) is 0 Å². The molecule has 0 aliphatic carbocycles. The molecule has 1 aromatic carbocycles. The number of benzene rings is 1. The van der Waals surface area contributed by atoms with Gasteiger partial charge < -0.3 is 10.2 Å². The molecule has 0 spiro atoms. The number of rotatable bonds is 6. The number of carbonyl (C=O) groups is 2. The number of amides is 2. The van der Waals surface area contributed by atoms with Crippen LogP contribution in [-0.2, 0) is 11.3 Å². The molecule has 2 rings (SSSR count). The predicted octanol–water partition coefficient (Wildman–Crippen LogP) is 2.13. The zero-order valence-electron chi connectivity index (χ0n) is 15.0. The van der Waals surface area contributed by atoms with Crippen LogP contribution in [0.4, 0.5) is 0 Å². The number of nitrogens with one attached hydrogen (secondary N) is 1. The molecule has 24 heavy (non-hydrogen) atoms. The first-order valence-electron chi connectivity index (χ1n) is 8.89. The van der Waals surface area contributed by atoms with E-state index in [1.807, 2.05) is 43.0 Å². The quantitative estimate of drug-likeness (QED) is 0.869. The van der Waals surface area contributed by atoms with Crippen LogP contribution in [-0.4, -0.2) is 54.3 Å². The highest BCUT2D eigenvalue weighted by molar-refractivity contribution is 5.94. The van der Waals surface area contributed by atoms with E-state index in [4.69, 9.17) is 0 Å². The van der Waals surface area contributed by atoms with E-state index in [9.17, 15) is 9.59 Å². The average Bonchev–Trinajstić information content (AvgIpc) is 2.60. The average molecular weight is 331 g/mol. The minimum atomic E-state index is -0.0331. The van der Waals surface area contributed by atoms with Crippen LogP contribution < -0.4 is 5.32 Å². The van der Waals surface area contributed by atoms with Gasteiger partial charge in [0.25, 0.3) is 5.91 Å². The van der Waals surface area contributed by atoms with Gasteiger partial charge in [0.05, 0.1) is 0 Å². The summed E-state index contributed by atoms with van der Waals surface area (Å²) in [7, 11) is 0. The second-order valence-corrected chi connectivity index (χ2v) is 6.71. The van der Waals surface area contributed by atoms with Crippen molar-refractivity contribution < 1.29 is 9.59 Å². The molecular formula is C19H29N3O2. The van der Waals surface area contributed by atoms with Crippen molar-refractivity contribution in [3.05, 3.63) is 35.4 Å². The summed E-state index contributed by atoms with van der Waals surface area (Å²) in [4.78, 5) is 28.7. The van der Waals surface area contributed by atoms with Crippen molar-refractivity contribution in [2.75, 3.05) is 32.7 Å². The molecule has 2 amide bonds. The normalized spacial score (nSPS) is 15.6. The molecule has 1 aliphatic heterocycles. The fourth-order valence-corrected chi connectivity index (χ4v) is 2.88. The lowest BCUT2D eigenvalue weighted by Crippen LogP contribution is -2.48. The summed E-state index contributed by atoms with van der Waals surface area (Å²) < 4.78 is 0. The predicted molar refractivity (Wildman–Crippen MR) is 95.8 cm³/mol. The Kier molecular flexibility index (Phi) is 6.79. The Hall–Kier alpha value is -1.88. The van der Waals surface area contributed by atoms with Crippen LogP contribution in [0.2, 0.25) is 0 Å². The molecule has 0 unspecified atom stereocenters. The van der Waals surface area contributed by atoms with Gasteiger partial charge in [0.2, 0.25) is 5.91 Å². The Labute approximate surface area is 145 Å². The van der Waals surface area contributed by atoms with Crippen molar-refractivity contribution in [1.82, 2.24) is 15.1 Å². The van der Waals surface area contributed by atoms with Gasteiger partial charge in [0.1, 0.15) is 0 Å². The van der Waals surface area contributed by atoms with E-state index in [0.717, 1.165) is 44.7 Å². The monoisotopic (exact) mass is 331 g/mol. The Morgan fingerprint density at radius 2 is 1.88 bits per heavy atom. The highest BCUT2D eigenvalue weighted by Crippen LogP contribution is 2.11. The highest BCUT2D eigenvalue weighted by atomic mass is 16.2. The molecule has 0 bridgehead atoms. The third-order valence-corrected chi connectivity index (χ3v) is 4.36. The second-order valence-electron chi connectivity index (χ2n) is 6.71. The summed E-state index contributed by atoms with van der Waals surface area (Å²) in [5.41, 5.74) is 1.66. The largest absolute Gasteiger partial charge is 0.352 e. The Balaban J connectivity index is 1.93. The second kappa shape index (κ2) is 8.83. The maximum atomic E-state index is 12.7. The number of carbonyl (C=O) groups excluding carboxylic acids is 2. The molecule has 0 radical (unpaired) electrons. The fourth-order valence-electron chi connectivity index (χ4n) is 2.88. The molecule has 1 N–H and O–H groups in total. The van der Waals surface area contributed by atoms with Crippen molar-refractivity contribution in [2.24, 2.45) is 5.92 Å². The fraction of sp³-hybridized carbons (Fsp3) is 0.579. The smallest absolute Gasteiger partial charge is 0.253 e. The molecule has 5 heteroatoms. The first-order valence-corrected chi connectivity index (χ1v) is 8.89. The van der Waals surface area contributed by atoms with Gasteiger partial charge in [0.15, 0.2) is 0 Å². The van der Waals surface area contributed by atoms with E-state index in [-0.39, 0.29) is 17.7 Å². The number of hydrogen-bond acceptors (Lipinski definition) is 3. The highest BCUT2D eigenvalue weighted by Gasteiger charge is 2.21. The van der Waals surface area contributed by atoms with Gasteiger partial charge in [-0.25, -0.2) is 0 Å². The number of nitrogens with zero attached hydrogens (tertiary/aromatic N) is 2. The van der Waals surface area contributed by atoms with Crippen molar-refractivity contribution in [3.63, 3.8) is 0 Å². The maximum Gasteiger partial charge on any atom is 0.253 e. The lowest BCUT2D eigenvalue weighted by molar-refractivity contribution is -0.124. The standard InChI is InChI=1S/C19H29N3O2/c1-4-8-21-9-11-22(12-10-21)19(24)17-7-5-6-16(13-17)14-20-18(23)15(2)3/h5-7,13,15H,4,8-12,14H2,1-3H3,(H,20,23). The third kappa shape index (κ3) is 5.06. The van der Waals surface area contributed by atoms with E-state index in [0.29, 0.717) is 12.1 Å². The van der Waals surface area contributed by atoms with Crippen LogP contribution in [0, 0.1) is 5.92 Å². The van der Waals surface area contributed by atoms with Crippen LogP contribution in [0.3, 0.4) is 0 Å². The summed E-state index contributed by atoms with van der Waals surface area (Å²) in [5.74, 6) is 0.0798. The SMILES string of the molecule is CCCN1CCN(C(=O)c2cccc(CNC(=O)C(C)C)c2)CC1. The number of piperazine rings is 1. The van der Waals surface area contributed by atoms with Gasteiger partial charge in [-0.1, -0.05) is 32.9 Å². The molecule has 1 aromatic rings. The van der Waals surface area contributed by atoms with Gasteiger partial charge in [-0.2, -0.15) is 0 Å². The number of hydrogen-bond donors (Lipinski definition) is 1. The zero-order valence-corrected chi connectivity index (χ0v) is 15.0. The Bertz CT molecular complexity index is 563. The van der Waals surface area contributed by atoms with E-state index in [1.165, 1.54) is 0 Å². The van der Waals surface area contributed by atoms with E-state index in [1.54, 1.807) is 0 Å². The van der Waals surface area contributed by atoms with Crippen LogP contribution in [0.25, 0.3) is 0 Å². The Morgan fingerprint density at radius 3 is 2.50 bits per heavy atom.